The maximum absolute atomic E-state index is 14.2. The Hall–Kier alpha value is -3.13. The molecule has 33 heavy (non-hydrogen) atoms. The highest BCUT2D eigenvalue weighted by atomic mass is 35.5. The molecule has 0 N–H and O–H groups in total. The van der Waals surface area contributed by atoms with Gasteiger partial charge in [0.2, 0.25) is 5.91 Å². The van der Waals surface area contributed by atoms with E-state index < -0.39 is 5.82 Å². The summed E-state index contributed by atoms with van der Waals surface area (Å²) >= 11 is 6.15. The van der Waals surface area contributed by atoms with E-state index in [0.29, 0.717) is 46.0 Å². The number of hydrogen-bond donors (Lipinski definition) is 0. The number of aryl methyl sites for hydroxylation is 1. The Balaban J connectivity index is 1.45. The van der Waals surface area contributed by atoms with Gasteiger partial charge in [0.1, 0.15) is 5.82 Å². The van der Waals surface area contributed by atoms with Crippen LogP contribution >= 0.6 is 11.6 Å². The lowest BCUT2D eigenvalue weighted by atomic mass is 10.1. The van der Waals surface area contributed by atoms with Gasteiger partial charge in [0, 0.05) is 35.7 Å². The van der Waals surface area contributed by atoms with E-state index in [4.69, 9.17) is 21.1 Å². The molecule has 174 valence electrons. The fourth-order valence-electron chi connectivity index (χ4n) is 3.85. The molecular weight excluding hydrogens is 449 g/mol. The van der Waals surface area contributed by atoms with E-state index in [1.165, 1.54) is 31.2 Å². The Kier molecular flexibility index (Phi) is 6.83. The largest absolute Gasteiger partial charge is 0.493 e. The monoisotopic (exact) mass is 473 g/mol. The van der Waals surface area contributed by atoms with Crippen molar-refractivity contribution in [3.8, 4) is 11.5 Å². The molecule has 2 aromatic carbocycles. The van der Waals surface area contributed by atoms with E-state index in [9.17, 15) is 14.0 Å². The molecule has 1 aliphatic rings. The van der Waals surface area contributed by atoms with Crippen LogP contribution in [0.25, 0.3) is 10.9 Å². The molecular formula is C24H25ClFN3O4. The number of hydrogen-bond acceptors (Lipinski definition) is 5. The fraction of sp³-hybridized carbons (Fsp3) is 0.375. The first-order chi connectivity index (χ1) is 15.9. The normalized spacial score (nSPS) is 13.2. The van der Waals surface area contributed by atoms with Crippen LogP contribution in [0.15, 0.2) is 41.5 Å². The van der Waals surface area contributed by atoms with E-state index in [-0.39, 0.29) is 30.5 Å². The van der Waals surface area contributed by atoms with Crippen molar-refractivity contribution in [2.45, 2.75) is 44.8 Å². The van der Waals surface area contributed by atoms with Gasteiger partial charge >= 0.3 is 0 Å². The van der Waals surface area contributed by atoms with E-state index in [1.807, 2.05) is 0 Å². The summed E-state index contributed by atoms with van der Waals surface area (Å²) < 4.78 is 26.3. The summed E-state index contributed by atoms with van der Waals surface area (Å²) in [5.74, 6) is 0.450. The van der Waals surface area contributed by atoms with Gasteiger partial charge in [0.25, 0.3) is 5.56 Å². The molecule has 0 saturated heterocycles. The van der Waals surface area contributed by atoms with E-state index in [2.05, 4.69) is 4.98 Å². The van der Waals surface area contributed by atoms with Crippen molar-refractivity contribution >= 4 is 28.4 Å². The number of ether oxygens (including phenoxy) is 2. The zero-order valence-electron chi connectivity index (χ0n) is 18.5. The van der Waals surface area contributed by atoms with Gasteiger partial charge < -0.3 is 14.4 Å². The van der Waals surface area contributed by atoms with Crippen molar-refractivity contribution in [1.82, 2.24) is 14.5 Å². The summed E-state index contributed by atoms with van der Waals surface area (Å²) in [6.07, 6.45) is 3.96. The average Bonchev–Trinajstić information content (AvgIpc) is 3.64. The van der Waals surface area contributed by atoms with Crippen molar-refractivity contribution in [2.75, 3.05) is 14.2 Å². The molecule has 1 fully saturated rings. The van der Waals surface area contributed by atoms with Crippen LogP contribution in [0, 0.1) is 5.82 Å². The lowest BCUT2D eigenvalue weighted by molar-refractivity contribution is -0.132. The number of rotatable bonds is 9. The number of methoxy groups -OCH3 is 2. The van der Waals surface area contributed by atoms with Gasteiger partial charge in [-0.25, -0.2) is 9.37 Å². The van der Waals surface area contributed by atoms with Gasteiger partial charge in [-0.3, -0.25) is 14.2 Å². The van der Waals surface area contributed by atoms with Crippen molar-refractivity contribution < 1.29 is 18.7 Å². The average molecular weight is 474 g/mol. The van der Waals surface area contributed by atoms with Gasteiger partial charge in [-0.1, -0.05) is 17.7 Å². The maximum atomic E-state index is 14.2. The van der Waals surface area contributed by atoms with E-state index in [0.717, 1.165) is 12.8 Å². The van der Waals surface area contributed by atoms with Crippen LogP contribution in [-0.4, -0.2) is 40.6 Å². The molecule has 1 amide bonds. The third-order valence-electron chi connectivity index (χ3n) is 5.82. The summed E-state index contributed by atoms with van der Waals surface area (Å²) in [7, 11) is 3.03. The van der Waals surface area contributed by atoms with Crippen LogP contribution in [0.3, 0.4) is 0 Å². The van der Waals surface area contributed by atoms with Crippen LogP contribution in [0.5, 0.6) is 11.5 Å². The molecule has 1 saturated carbocycles. The van der Waals surface area contributed by atoms with Crippen LogP contribution in [0.4, 0.5) is 4.39 Å². The molecule has 1 heterocycles. The SMILES string of the molecule is COc1cc2ncn(CCCC(=O)N(Cc3c(F)cccc3Cl)C3CC3)c(=O)c2cc1OC. The number of aromatic nitrogens is 2. The predicted molar refractivity (Wildman–Crippen MR) is 123 cm³/mol. The standard InChI is InChI=1S/C24H25ClFN3O4/c1-32-21-11-16-20(12-22(21)33-2)27-14-28(24(16)31)10-4-7-23(30)29(15-8-9-15)13-17-18(25)5-3-6-19(17)26/h3,5-6,11-12,14-15H,4,7-10,13H2,1-2H3. The highest BCUT2D eigenvalue weighted by molar-refractivity contribution is 6.31. The zero-order valence-corrected chi connectivity index (χ0v) is 19.3. The number of benzene rings is 2. The molecule has 1 aliphatic carbocycles. The van der Waals surface area contributed by atoms with Gasteiger partial charge in [-0.15, -0.1) is 0 Å². The third kappa shape index (κ3) is 4.95. The molecule has 9 heteroatoms. The molecule has 0 spiro atoms. The number of amides is 1. The Bertz CT molecular complexity index is 1220. The second-order valence-corrected chi connectivity index (χ2v) is 8.43. The second-order valence-electron chi connectivity index (χ2n) is 8.02. The van der Waals surface area contributed by atoms with Crippen LogP contribution in [-0.2, 0) is 17.9 Å². The molecule has 0 bridgehead atoms. The highest BCUT2D eigenvalue weighted by Crippen LogP contribution is 2.32. The second kappa shape index (κ2) is 9.79. The Labute approximate surface area is 195 Å². The molecule has 0 radical (unpaired) electrons. The van der Waals surface area contributed by atoms with Gasteiger partial charge in [0.05, 0.1) is 38.0 Å². The molecule has 3 aromatic rings. The highest BCUT2D eigenvalue weighted by Gasteiger charge is 2.33. The predicted octanol–water partition coefficient (Wildman–Crippen LogP) is 4.18. The minimum atomic E-state index is -0.415. The maximum Gasteiger partial charge on any atom is 0.261 e. The topological polar surface area (TPSA) is 73.7 Å². The van der Waals surface area contributed by atoms with Crippen molar-refractivity contribution in [2.24, 2.45) is 0 Å². The first kappa shape index (κ1) is 23.0. The quantitative estimate of drug-likeness (QED) is 0.466. The van der Waals surface area contributed by atoms with E-state index in [1.54, 1.807) is 29.2 Å². The zero-order chi connectivity index (χ0) is 23.5. The van der Waals surface area contributed by atoms with Crippen LogP contribution in [0.1, 0.15) is 31.2 Å². The van der Waals surface area contributed by atoms with Gasteiger partial charge in [-0.05, 0) is 37.5 Å². The van der Waals surface area contributed by atoms with E-state index >= 15 is 0 Å². The van der Waals surface area contributed by atoms with Crippen LogP contribution < -0.4 is 15.0 Å². The lowest BCUT2D eigenvalue weighted by Gasteiger charge is -2.23. The molecule has 7 nitrogen and oxygen atoms in total. The number of carbonyl (C=O) groups is 1. The van der Waals surface area contributed by atoms with Crippen molar-refractivity contribution in [1.29, 1.82) is 0 Å². The molecule has 0 unspecified atom stereocenters. The summed E-state index contributed by atoms with van der Waals surface area (Å²) in [4.78, 5) is 31.9. The van der Waals surface area contributed by atoms with Gasteiger partial charge in [0.15, 0.2) is 11.5 Å². The van der Waals surface area contributed by atoms with Crippen molar-refractivity contribution in [3.05, 3.63) is 63.4 Å². The fourth-order valence-corrected chi connectivity index (χ4v) is 4.07. The molecule has 0 atom stereocenters. The molecule has 1 aromatic heterocycles. The number of halogens is 2. The third-order valence-corrected chi connectivity index (χ3v) is 6.17. The van der Waals surface area contributed by atoms with Gasteiger partial charge in [-0.2, -0.15) is 0 Å². The molecule has 0 aliphatic heterocycles. The minimum absolute atomic E-state index is 0.0787. The first-order valence-electron chi connectivity index (χ1n) is 10.8. The number of nitrogens with zero attached hydrogens (tertiary/aromatic N) is 3. The Morgan fingerprint density at radius 3 is 2.64 bits per heavy atom. The minimum Gasteiger partial charge on any atom is -0.493 e. The number of fused-ring (bicyclic) bond motifs is 1. The summed E-state index contributed by atoms with van der Waals surface area (Å²) in [5.41, 5.74) is 0.621. The molecule has 4 rings (SSSR count). The first-order valence-corrected chi connectivity index (χ1v) is 11.1. The Morgan fingerprint density at radius 1 is 1.24 bits per heavy atom. The van der Waals surface area contributed by atoms with Crippen LogP contribution in [0.2, 0.25) is 5.02 Å². The summed E-state index contributed by atoms with van der Waals surface area (Å²) in [6, 6.07) is 7.90. The van der Waals surface area contributed by atoms with Crippen molar-refractivity contribution in [3.63, 3.8) is 0 Å². The lowest BCUT2D eigenvalue weighted by Crippen LogP contribution is -2.33. The number of carbonyl (C=O) groups excluding carboxylic acids is 1. The summed E-state index contributed by atoms with van der Waals surface area (Å²) in [5, 5.41) is 0.726. The summed E-state index contributed by atoms with van der Waals surface area (Å²) in [6.45, 7) is 0.481. The smallest absolute Gasteiger partial charge is 0.261 e. The Morgan fingerprint density at radius 2 is 1.97 bits per heavy atom.